The molecule has 12 rings (SSSR count). The summed E-state index contributed by atoms with van der Waals surface area (Å²) >= 11 is 0. The van der Waals surface area contributed by atoms with Crippen molar-refractivity contribution in [3.05, 3.63) is 224 Å². The lowest BCUT2D eigenvalue weighted by molar-refractivity contribution is 0.893. The first kappa shape index (κ1) is 35.5. The summed E-state index contributed by atoms with van der Waals surface area (Å²) in [6, 6.07) is 79.3. The van der Waals surface area contributed by atoms with E-state index in [0.717, 1.165) is 60.3 Å². The minimum absolute atomic E-state index is 0.567. The quantitative estimate of drug-likeness (QED) is 0.162. The van der Waals surface area contributed by atoms with Gasteiger partial charge in [0.1, 0.15) is 0 Å². The molecule has 0 amide bonds. The first-order chi connectivity index (χ1) is 30.7. The Morgan fingerprint density at radius 3 is 0.903 bits per heavy atom. The Labute approximate surface area is 358 Å². The van der Waals surface area contributed by atoms with E-state index in [0.29, 0.717) is 17.7 Å². The Morgan fingerprint density at radius 2 is 0.516 bits per heavy atom. The van der Waals surface area contributed by atoms with E-state index in [1.807, 2.05) is 0 Å². The van der Waals surface area contributed by atoms with E-state index >= 15 is 0 Å². The first-order valence-corrected chi connectivity index (χ1v) is 20.9. The summed E-state index contributed by atoms with van der Waals surface area (Å²) in [6.45, 7) is 0. The molecule has 0 radical (unpaired) electrons. The molecule has 0 saturated carbocycles. The summed E-state index contributed by atoms with van der Waals surface area (Å²) in [7, 11) is 0. The third-order valence-corrected chi connectivity index (χ3v) is 12.1. The molecule has 0 bridgehead atoms. The number of hydrogen-bond donors (Lipinski definition) is 0. The van der Waals surface area contributed by atoms with Gasteiger partial charge in [0.25, 0.3) is 0 Å². The molecule has 290 valence electrons. The van der Waals surface area contributed by atoms with Crippen molar-refractivity contribution >= 4 is 43.6 Å². The molecule has 0 saturated heterocycles. The Balaban J connectivity index is 0.901. The lowest BCUT2D eigenvalue weighted by atomic mass is 9.96. The number of benzene rings is 9. The molecule has 62 heavy (non-hydrogen) atoms. The van der Waals surface area contributed by atoms with Gasteiger partial charge in [0.15, 0.2) is 5.82 Å². The van der Waals surface area contributed by atoms with Gasteiger partial charge >= 0.3 is 0 Å². The topological polar surface area (TPSA) is 48.5 Å². The molecule has 3 aromatic heterocycles. The molecule has 0 N–H and O–H groups in total. The number of rotatable bonds is 7. The van der Waals surface area contributed by atoms with Crippen molar-refractivity contribution in [1.29, 1.82) is 0 Å². The second-order valence-electron chi connectivity index (χ2n) is 15.7. The van der Waals surface area contributed by atoms with Crippen LogP contribution in [0.2, 0.25) is 0 Å². The van der Waals surface area contributed by atoms with Crippen LogP contribution in [0.5, 0.6) is 0 Å². The van der Waals surface area contributed by atoms with Crippen molar-refractivity contribution < 1.29 is 0 Å². The van der Waals surface area contributed by atoms with Gasteiger partial charge in [-0.3, -0.25) is 9.13 Å². The van der Waals surface area contributed by atoms with E-state index in [-0.39, 0.29) is 0 Å². The van der Waals surface area contributed by atoms with Crippen LogP contribution in [-0.4, -0.2) is 24.1 Å². The lowest BCUT2D eigenvalue weighted by Crippen LogP contribution is -2.10. The molecular weight excluding hydrogens is 755 g/mol. The standard InChI is InChI=1S/C57H37N5/c1-2-13-38(14-3-1)45-15-12-16-46(37-45)43-31-29-41(30-32-43)39-25-27-40(28-26-39)42-33-35-44(36-34-42)55-58-56(61-51-21-8-4-17-47(51)48-18-5-9-22-52(48)61)60-57(59-55)62-53-23-10-6-19-49(53)50-20-7-11-24-54(50)62/h1-37H. The molecule has 5 nitrogen and oxygen atoms in total. The van der Waals surface area contributed by atoms with Crippen LogP contribution in [0.4, 0.5) is 0 Å². The normalized spacial score (nSPS) is 11.5. The van der Waals surface area contributed by atoms with Crippen molar-refractivity contribution in [2.24, 2.45) is 0 Å². The lowest BCUT2D eigenvalue weighted by Gasteiger charge is -2.13. The zero-order valence-electron chi connectivity index (χ0n) is 33.6. The van der Waals surface area contributed by atoms with E-state index in [1.54, 1.807) is 0 Å². The molecule has 5 heteroatoms. The highest BCUT2D eigenvalue weighted by molar-refractivity contribution is 6.10. The van der Waals surface area contributed by atoms with Crippen LogP contribution >= 0.6 is 0 Å². The Hall–Kier alpha value is -8.41. The molecule has 0 unspecified atom stereocenters. The number of nitrogens with zero attached hydrogens (tertiary/aromatic N) is 5. The van der Waals surface area contributed by atoms with Gasteiger partial charge in [-0.2, -0.15) is 15.0 Å². The van der Waals surface area contributed by atoms with Crippen LogP contribution in [0, 0.1) is 0 Å². The van der Waals surface area contributed by atoms with Crippen molar-refractivity contribution in [2.45, 2.75) is 0 Å². The van der Waals surface area contributed by atoms with Gasteiger partial charge in [-0.15, -0.1) is 0 Å². The van der Waals surface area contributed by atoms with Gasteiger partial charge in [-0.05, 0) is 74.8 Å². The predicted octanol–water partition coefficient (Wildman–Crippen LogP) is 14.4. The van der Waals surface area contributed by atoms with Gasteiger partial charge in [0, 0.05) is 27.1 Å². The molecule has 0 atom stereocenters. The van der Waals surface area contributed by atoms with Gasteiger partial charge in [0.2, 0.25) is 11.9 Å². The Kier molecular flexibility index (Phi) is 8.42. The molecule has 0 aliphatic rings. The average Bonchev–Trinajstić information content (AvgIpc) is 3.88. The maximum absolute atomic E-state index is 5.28. The predicted molar refractivity (Wildman–Crippen MR) is 256 cm³/mol. The van der Waals surface area contributed by atoms with E-state index < -0.39 is 0 Å². The maximum Gasteiger partial charge on any atom is 0.240 e. The van der Waals surface area contributed by atoms with Gasteiger partial charge < -0.3 is 0 Å². The zero-order chi connectivity index (χ0) is 41.0. The highest BCUT2D eigenvalue weighted by Crippen LogP contribution is 2.35. The summed E-state index contributed by atoms with van der Waals surface area (Å²) < 4.78 is 4.33. The van der Waals surface area contributed by atoms with E-state index in [2.05, 4.69) is 234 Å². The number of aromatic nitrogens is 5. The minimum atomic E-state index is 0.567. The number of fused-ring (bicyclic) bond motifs is 6. The van der Waals surface area contributed by atoms with Crippen LogP contribution in [0.15, 0.2) is 224 Å². The van der Waals surface area contributed by atoms with Gasteiger partial charge in [-0.25, -0.2) is 0 Å². The summed E-state index contributed by atoms with van der Waals surface area (Å²) in [5.41, 5.74) is 14.6. The molecule has 12 aromatic rings. The smallest absolute Gasteiger partial charge is 0.240 e. The molecular formula is C57H37N5. The molecule has 0 aliphatic carbocycles. The number of para-hydroxylation sites is 4. The fraction of sp³-hybridized carbons (Fsp3) is 0. The van der Waals surface area contributed by atoms with E-state index in [4.69, 9.17) is 15.0 Å². The highest BCUT2D eigenvalue weighted by atomic mass is 15.3. The molecule has 3 heterocycles. The van der Waals surface area contributed by atoms with Crippen molar-refractivity contribution in [3.63, 3.8) is 0 Å². The fourth-order valence-corrected chi connectivity index (χ4v) is 8.99. The van der Waals surface area contributed by atoms with Crippen molar-refractivity contribution in [2.75, 3.05) is 0 Å². The molecule has 0 fully saturated rings. The minimum Gasteiger partial charge on any atom is -0.278 e. The highest BCUT2D eigenvalue weighted by Gasteiger charge is 2.20. The largest absolute Gasteiger partial charge is 0.278 e. The molecule has 9 aromatic carbocycles. The third kappa shape index (κ3) is 6.06. The summed E-state index contributed by atoms with van der Waals surface area (Å²) in [4.78, 5) is 15.8. The van der Waals surface area contributed by atoms with Crippen LogP contribution < -0.4 is 0 Å². The molecule has 0 aliphatic heterocycles. The second kappa shape index (κ2) is 14.7. The zero-order valence-corrected chi connectivity index (χ0v) is 33.6. The summed E-state index contributed by atoms with van der Waals surface area (Å²) in [6.07, 6.45) is 0. The summed E-state index contributed by atoms with van der Waals surface area (Å²) in [5.74, 6) is 1.74. The average molecular weight is 792 g/mol. The van der Waals surface area contributed by atoms with E-state index in [1.165, 1.54) is 33.4 Å². The first-order valence-electron chi connectivity index (χ1n) is 20.9. The van der Waals surface area contributed by atoms with Gasteiger partial charge in [-0.1, -0.05) is 194 Å². The van der Waals surface area contributed by atoms with Gasteiger partial charge in [0.05, 0.1) is 22.1 Å². The van der Waals surface area contributed by atoms with Crippen LogP contribution in [-0.2, 0) is 0 Å². The SMILES string of the molecule is c1ccc(-c2cccc(-c3ccc(-c4ccc(-c5ccc(-c6nc(-n7c8ccccc8c8ccccc87)nc(-n7c8ccccc8c8ccccc87)n6)cc5)cc4)cc3)c2)cc1. The Morgan fingerprint density at radius 1 is 0.226 bits per heavy atom. The molecule has 0 spiro atoms. The van der Waals surface area contributed by atoms with Crippen LogP contribution in [0.25, 0.3) is 111 Å². The second-order valence-corrected chi connectivity index (χ2v) is 15.7. The maximum atomic E-state index is 5.28. The van der Waals surface area contributed by atoms with Crippen molar-refractivity contribution in [1.82, 2.24) is 24.1 Å². The van der Waals surface area contributed by atoms with Crippen LogP contribution in [0.1, 0.15) is 0 Å². The number of hydrogen-bond acceptors (Lipinski definition) is 3. The summed E-state index contributed by atoms with van der Waals surface area (Å²) in [5, 5.41) is 4.61. The Bertz CT molecular complexity index is 3360. The van der Waals surface area contributed by atoms with E-state index in [9.17, 15) is 0 Å². The third-order valence-electron chi connectivity index (χ3n) is 12.1. The van der Waals surface area contributed by atoms with Crippen LogP contribution in [0.3, 0.4) is 0 Å². The monoisotopic (exact) mass is 791 g/mol. The fourth-order valence-electron chi connectivity index (χ4n) is 8.99. The van der Waals surface area contributed by atoms with Crippen molar-refractivity contribution in [3.8, 4) is 67.8 Å².